The molecule has 0 saturated heterocycles. The molecule has 196 valence electrons. The summed E-state index contributed by atoms with van der Waals surface area (Å²) in [7, 11) is 1.48. The molecule has 9 nitrogen and oxygen atoms in total. The standard InChI is InChI=1S/C27H24BrClN4O5/c1-4-16(2)26-31-23-9-8-19(28)13-21(23)27(34)32(26)30-14-18-11-22(29)25(24(12-18)37-3)38-15-17-6-5-7-20(10-17)33(35)36/h5-14,16H,4,15H2,1-3H3/t16-/m0/s1. The van der Waals surface area contributed by atoms with Crippen molar-refractivity contribution in [3.05, 3.63) is 102 Å². The van der Waals surface area contributed by atoms with E-state index in [1.807, 2.05) is 19.9 Å². The number of hydrogen-bond acceptors (Lipinski definition) is 7. The Bertz CT molecular complexity index is 1600. The Kier molecular flexibility index (Phi) is 8.43. The lowest BCUT2D eigenvalue weighted by Crippen LogP contribution is -2.23. The molecule has 0 saturated carbocycles. The van der Waals surface area contributed by atoms with Gasteiger partial charge in [0.1, 0.15) is 12.4 Å². The van der Waals surface area contributed by atoms with Gasteiger partial charge in [-0.05, 0) is 47.9 Å². The first-order valence-corrected chi connectivity index (χ1v) is 12.9. The summed E-state index contributed by atoms with van der Waals surface area (Å²) in [5, 5.41) is 16.2. The van der Waals surface area contributed by atoms with Crippen molar-refractivity contribution in [2.24, 2.45) is 5.10 Å². The molecule has 11 heteroatoms. The summed E-state index contributed by atoms with van der Waals surface area (Å²) in [5.41, 5.74) is 1.48. The third-order valence-electron chi connectivity index (χ3n) is 5.97. The number of nitro benzene ring substituents is 1. The summed E-state index contributed by atoms with van der Waals surface area (Å²) in [4.78, 5) is 28.6. The highest BCUT2D eigenvalue weighted by Crippen LogP contribution is 2.37. The molecule has 0 aliphatic carbocycles. The minimum Gasteiger partial charge on any atom is -0.493 e. The predicted octanol–water partition coefficient (Wildman–Crippen LogP) is 6.70. The zero-order chi connectivity index (χ0) is 27.4. The molecule has 4 aromatic rings. The molecule has 1 atom stereocenters. The Morgan fingerprint density at radius 2 is 2.03 bits per heavy atom. The third-order valence-corrected chi connectivity index (χ3v) is 6.74. The second-order valence-corrected chi connectivity index (χ2v) is 9.87. The van der Waals surface area contributed by atoms with Crippen LogP contribution in [-0.2, 0) is 6.61 Å². The molecule has 0 bridgehead atoms. The van der Waals surface area contributed by atoms with E-state index in [9.17, 15) is 14.9 Å². The number of non-ortho nitro benzene ring substituents is 1. The van der Waals surface area contributed by atoms with E-state index in [1.165, 1.54) is 30.1 Å². The molecule has 0 spiro atoms. The molecular formula is C27H24BrClN4O5. The predicted molar refractivity (Wildman–Crippen MR) is 151 cm³/mol. The molecule has 0 radical (unpaired) electrons. The lowest BCUT2D eigenvalue weighted by atomic mass is 10.1. The maximum absolute atomic E-state index is 13.3. The van der Waals surface area contributed by atoms with Gasteiger partial charge in [-0.1, -0.05) is 53.5 Å². The monoisotopic (exact) mass is 598 g/mol. The highest BCUT2D eigenvalue weighted by Gasteiger charge is 2.17. The first kappa shape index (κ1) is 27.3. The van der Waals surface area contributed by atoms with Gasteiger partial charge < -0.3 is 9.47 Å². The number of aromatic nitrogens is 2. The number of methoxy groups -OCH3 is 1. The Balaban J connectivity index is 1.68. The lowest BCUT2D eigenvalue weighted by Gasteiger charge is -2.15. The number of nitro groups is 1. The first-order valence-electron chi connectivity index (χ1n) is 11.7. The Morgan fingerprint density at radius 1 is 1.24 bits per heavy atom. The summed E-state index contributed by atoms with van der Waals surface area (Å²) in [5.74, 6) is 1.18. The van der Waals surface area contributed by atoms with Gasteiger partial charge in [-0.15, -0.1) is 0 Å². The van der Waals surface area contributed by atoms with E-state index in [0.29, 0.717) is 33.6 Å². The van der Waals surface area contributed by atoms with E-state index in [-0.39, 0.29) is 34.5 Å². The molecule has 38 heavy (non-hydrogen) atoms. The van der Waals surface area contributed by atoms with Crippen LogP contribution in [-0.4, -0.2) is 27.9 Å². The topological polar surface area (TPSA) is 109 Å². The molecule has 1 aromatic heterocycles. The molecule has 0 N–H and O–H groups in total. The fraction of sp³-hybridized carbons (Fsp3) is 0.222. The maximum atomic E-state index is 13.3. The van der Waals surface area contributed by atoms with Crippen LogP contribution < -0.4 is 15.0 Å². The van der Waals surface area contributed by atoms with E-state index in [2.05, 4.69) is 21.0 Å². The van der Waals surface area contributed by atoms with Gasteiger partial charge in [-0.2, -0.15) is 9.78 Å². The van der Waals surface area contributed by atoms with Crippen molar-refractivity contribution in [2.75, 3.05) is 7.11 Å². The smallest absolute Gasteiger partial charge is 0.282 e. The molecular weight excluding hydrogens is 576 g/mol. The van der Waals surface area contributed by atoms with Crippen molar-refractivity contribution < 1.29 is 14.4 Å². The van der Waals surface area contributed by atoms with Crippen LogP contribution in [0, 0.1) is 10.1 Å². The van der Waals surface area contributed by atoms with Gasteiger partial charge in [-0.25, -0.2) is 4.98 Å². The number of hydrogen-bond donors (Lipinski definition) is 0. The quantitative estimate of drug-likeness (QED) is 0.120. The highest BCUT2D eigenvalue weighted by atomic mass is 79.9. The van der Waals surface area contributed by atoms with Gasteiger partial charge in [0, 0.05) is 22.5 Å². The van der Waals surface area contributed by atoms with Gasteiger partial charge in [-0.3, -0.25) is 14.9 Å². The fourth-order valence-corrected chi connectivity index (χ4v) is 4.41. The van der Waals surface area contributed by atoms with Crippen LogP contribution in [0.3, 0.4) is 0 Å². The van der Waals surface area contributed by atoms with Crippen molar-refractivity contribution >= 4 is 50.3 Å². The van der Waals surface area contributed by atoms with Crippen LogP contribution in [0.4, 0.5) is 5.69 Å². The van der Waals surface area contributed by atoms with Crippen LogP contribution in [0.15, 0.2) is 69.0 Å². The van der Waals surface area contributed by atoms with E-state index >= 15 is 0 Å². The number of rotatable bonds is 9. The first-order chi connectivity index (χ1) is 18.2. The SMILES string of the molecule is CC[C@H](C)c1nc2ccc(Br)cc2c(=O)n1N=Cc1cc(Cl)c(OCc2cccc([N+](=O)[O-])c2)c(OC)c1. The summed E-state index contributed by atoms with van der Waals surface area (Å²) in [6.07, 6.45) is 2.29. The van der Waals surface area contributed by atoms with Gasteiger partial charge in [0.2, 0.25) is 0 Å². The van der Waals surface area contributed by atoms with Gasteiger partial charge >= 0.3 is 0 Å². The van der Waals surface area contributed by atoms with E-state index in [4.69, 9.17) is 26.1 Å². The third kappa shape index (κ3) is 5.87. The average Bonchev–Trinajstić information content (AvgIpc) is 2.91. The number of nitrogens with zero attached hydrogens (tertiary/aromatic N) is 4. The van der Waals surface area contributed by atoms with Crippen molar-refractivity contribution in [3.63, 3.8) is 0 Å². The second-order valence-electron chi connectivity index (χ2n) is 8.55. The number of halogens is 2. The summed E-state index contributed by atoms with van der Waals surface area (Å²) in [6.45, 7) is 4.07. The molecule has 0 unspecified atom stereocenters. The van der Waals surface area contributed by atoms with E-state index < -0.39 is 4.92 Å². The Morgan fingerprint density at radius 3 is 2.74 bits per heavy atom. The Labute approximate surface area is 232 Å². The van der Waals surface area contributed by atoms with Crippen LogP contribution in [0.2, 0.25) is 5.02 Å². The molecule has 4 rings (SSSR count). The summed E-state index contributed by atoms with van der Waals surface area (Å²) < 4.78 is 13.4. The number of ether oxygens (including phenoxy) is 2. The van der Waals surface area contributed by atoms with Gasteiger partial charge in [0.25, 0.3) is 11.2 Å². The zero-order valence-electron chi connectivity index (χ0n) is 20.9. The number of benzene rings is 3. The van der Waals surface area contributed by atoms with Crippen molar-refractivity contribution in [2.45, 2.75) is 32.8 Å². The summed E-state index contributed by atoms with van der Waals surface area (Å²) >= 11 is 9.92. The van der Waals surface area contributed by atoms with Crippen molar-refractivity contribution in [3.8, 4) is 11.5 Å². The largest absolute Gasteiger partial charge is 0.493 e. The van der Waals surface area contributed by atoms with E-state index in [1.54, 1.807) is 36.4 Å². The Hall–Kier alpha value is -3.76. The number of fused-ring (bicyclic) bond motifs is 1. The molecule has 0 amide bonds. The normalized spacial score (nSPS) is 12.1. The van der Waals surface area contributed by atoms with E-state index in [0.717, 1.165) is 10.9 Å². The molecule has 3 aromatic carbocycles. The minimum atomic E-state index is -0.465. The summed E-state index contributed by atoms with van der Waals surface area (Å²) in [6, 6.07) is 14.8. The highest BCUT2D eigenvalue weighted by molar-refractivity contribution is 9.10. The van der Waals surface area contributed by atoms with Crippen molar-refractivity contribution in [1.29, 1.82) is 0 Å². The zero-order valence-corrected chi connectivity index (χ0v) is 23.2. The molecule has 0 aliphatic rings. The van der Waals surface area contributed by atoms with Crippen molar-refractivity contribution in [1.82, 2.24) is 9.66 Å². The lowest BCUT2D eigenvalue weighted by molar-refractivity contribution is -0.384. The molecule has 1 heterocycles. The second kappa shape index (κ2) is 11.7. The fourth-order valence-electron chi connectivity index (χ4n) is 3.77. The van der Waals surface area contributed by atoms with Crippen LogP contribution >= 0.6 is 27.5 Å². The van der Waals surface area contributed by atoms with Crippen LogP contribution in [0.5, 0.6) is 11.5 Å². The molecule has 0 aliphatic heterocycles. The minimum absolute atomic E-state index is 0.00407. The van der Waals surface area contributed by atoms with Gasteiger partial charge in [0.05, 0.1) is 34.2 Å². The molecule has 0 fully saturated rings. The maximum Gasteiger partial charge on any atom is 0.282 e. The van der Waals surface area contributed by atoms with Crippen LogP contribution in [0.25, 0.3) is 10.9 Å². The van der Waals surface area contributed by atoms with Gasteiger partial charge in [0.15, 0.2) is 11.5 Å². The van der Waals surface area contributed by atoms with Crippen LogP contribution in [0.1, 0.15) is 43.1 Å². The average molecular weight is 600 g/mol.